The Balaban J connectivity index is 0.000000596. The summed E-state index contributed by atoms with van der Waals surface area (Å²) in [6.45, 7) is -0.201. The second kappa shape index (κ2) is 10.1. The van der Waals surface area contributed by atoms with E-state index in [0.717, 1.165) is 15.6 Å². The van der Waals surface area contributed by atoms with Crippen LogP contribution in [0, 0.1) is 5.82 Å². The van der Waals surface area contributed by atoms with Gasteiger partial charge in [-0.25, -0.2) is 13.5 Å². The first kappa shape index (κ1) is 20.9. The van der Waals surface area contributed by atoms with Crippen molar-refractivity contribution in [2.75, 3.05) is 6.61 Å². The van der Waals surface area contributed by atoms with Crippen molar-refractivity contribution in [3.63, 3.8) is 0 Å². The summed E-state index contributed by atoms with van der Waals surface area (Å²) in [5.41, 5.74) is 0.737. The van der Waals surface area contributed by atoms with Crippen LogP contribution in [0.2, 0.25) is 0 Å². The maximum absolute atomic E-state index is 13.2. The lowest BCUT2D eigenvalue weighted by molar-refractivity contribution is 0.0920. The minimum Gasteiger partial charge on any atom is -0.394 e. The van der Waals surface area contributed by atoms with Crippen LogP contribution in [0.1, 0.15) is 15.2 Å². The summed E-state index contributed by atoms with van der Waals surface area (Å²) in [6, 6.07) is 15.3. The molecule has 0 radical (unpaired) electrons. The number of benzene rings is 2. The number of thiophene rings is 1. The number of hydrogen-bond donors (Lipinski definition) is 3. The zero-order valence-electron chi connectivity index (χ0n) is 14.0. The maximum atomic E-state index is 13.2. The summed E-state index contributed by atoms with van der Waals surface area (Å²) in [6.07, 6.45) is 0.380. The predicted molar refractivity (Wildman–Crippen MR) is 101 cm³/mol. The highest BCUT2D eigenvalue weighted by Crippen LogP contribution is 2.25. The van der Waals surface area contributed by atoms with E-state index < -0.39 is 13.9 Å². The van der Waals surface area contributed by atoms with E-state index in [0.29, 0.717) is 11.3 Å². The smallest absolute Gasteiger partial charge is 0.394 e. The molecule has 9 heteroatoms. The number of amides is 1. The first-order chi connectivity index (χ1) is 12.9. The fourth-order valence-electron chi connectivity index (χ4n) is 2.46. The molecule has 0 bridgehead atoms. The second-order valence-corrected chi connectivity index (χ2v) is 7.13. The van der Waals surface area contributed by atoms with Gasteiger partial charge < -0.3 is 10.4 Å². The predicted octanol–water partition coefficient (Wildman–Crippen LogP) is 3.44. The van der Waals surface area contributed by atoms with Gasteiger partial charge in [-0.3, -0.25) is 9.69 Å². The molecular formula is C18H17FNO5PS. The SMILES string of the molecule is O=C(N[C@@H](CO)Cc1cccc(F)c1)c1cc2ccccc2s1.O=P(=O)O. The van der Waals surface area contributed by atoms with Gasteiger partial charge in [-0.2, -0.15) is 0 Å². The summed E-state index contributed by atoms with van der Waals surface area (Å²) >= 11 is 1.41. The zero-order valence-corrected chi connectivity index (χ0v) is 15.8. The molecule has 0 fully saturated rings. The van der Waals surface area contributed by atoms with Crippen LogP contribution in [0.25, 0.3) is 10.1 Å². The monoisotopic (exact) mass is 409 g/mol. The van der Waals surface area contributed by atoms with Crippen LogP contribution in [-0.2, 0) is 15.6 Å². The molecule has 2 aromatic carbocycles. The molecule has 27 heavy (non-hydrogen) atoms. The first-order valence-corrected chi connectivity index (χ1v) is 9.81. The van der Waals surface area contributed by atoms with Gasteiger partial charge in [0.05, 0.1) is 17.5 Å². The summed E-state index contributed by atoms with van der Waals surface area (Å²) in [5.74, 6) is -0.545. The largest absolute Gasteiger partial charge is 0.465 e. The lowest BCUT2D eigenvalue weighted by Crippen LogP contribution is -2.38. The molecule has 0 spiro atoms. The van der Waals surface area contributed by atoms with Gasteiger partial charge in [-0.15, -0.1) is 11.3 Å². The van der Waals surface area contributed by atoms with Crippen molar-refractivity contribution in [3.8, 4) is 0 Å². The van der Waals surface area contributed by atoms with Crippen molar-refractivity contribution >= 4 is 35.2 Å². The Bertz CT molecular complexity index is 948. The molecule has 142 valence electrons. The summed E-state index contributed by atoms with van der Waals surface area (Å²) in [7, 11) is -3.12. The van der Waals surface area contributed by atoms with Gasteiger partial charge in [-0.05, 0) is 41.6 Å². The van der Waals surface area contributed by atoms with E-state index in [9.17, 15) is 14.3 Å². The molecule has 3 aromatic rings. The highest BCUT2D eigenvalue weighted by atomic mass is 32.1. The molecule has 1 heterocycles. The Morgan fingerprint density at radius 2 is 1.85 bits per heavy atom. The Morgan fingerprint density at radius 3 is 2.48 bits per heavy atom. The number of carbonyl (C=O) groups excluding carboxylic acids is 1. The van der Waals surface area contributed by atoms with Gasteiger partial charge in [-0.1, -0.05) is 30.3 Å². The van der Waals surface area contributed by atoms with Gasteiger partial charge in [0.2, 0.25) is 0 Å². The number of aliphatic hydroxyl groups excluding tert-OH is 1. The van der Waals surface area contributed by atoms with E-state index in [-0.39, 0.29) is 18.3 Å². The van der Waals surface area contributed by atoms with Gasteiger partial charge in [0.25, 0.3) is 5.91 Å². The fourth-order valence-corrected chi connectivity index (χ4v) is 3.43. The Kier molecular flexibility index (Phi) is 7.82. The second-order valence-electron chi connectivity index (χ2n) is 5.57. The molecule has 0 saturated heterocycles. The van der Waals surface area contributed by atoms with Crippen LogP contribution >= 0.6 is 19.2 Å². The van der Waals surface area contributed by atoms with Gasteiger partial charge >= 0.3 is 7.91 Å². The molecule has 0 aliphatic rings. The molecule has 6 nitrogen and oxygen atoms in total. The van der Waals surface area contributed by atoms with Crippen molar-refractivity contribution in [2.24, 2.45) is 0 Å². The van der Waals surface area contributed by atoms with E-state index in [2.05, 4.69) is 5.32 Å². The van der Waals surface area contributed by atoms with Gasteiger partial charge in [0.1, 0.15) is 5.82 Å². The molecule has 0 saturated carbocycles. The lowest BCUT2D eigenvalue weighted by Gasteiger charge is -2.15. The molecule has 1 amide bonds. The third kappa shape index (κ3) is 6.69. The minimum absolute atomic E-state index is 0.201. The van der Waals surface area contributed by atoms with Crippen molar-refractivity contribution in [3.05, 3.63) is 70.9 Å². The van der Waals surface area contributed by atoms with Crippen molar-refractivity contribution < 1.29 is 28.3 Å². The van der Waals surface area contributed by atoms with Crippen LogP contribution in [0.4, 0.5) is 4.39 Å². The van der Waals surface area contributed by atoms with Crippen molar-refractivity contribution in [1.82, 2.24) is 5.32 Å². The van der Waals surface area contributed by atoms with Gasteiger partial charge in [0.15, 0.2) is 0 Å². The normalized spacial score (nSPS) is 11.4. The molecular weight excluding hydrogens is 392 g/mol. The fraction of sp³-hybridized carbons (Fsp3) is 0.167. The van der Waals surface area contributed by atoms with E-state index in [1.54, 1.807) is 12.1 Å². The molecule has 0 unspecified atom stereocenters. The van der Waals surface area contributed by atoms with Crippen molar-refractivity contribution in [2.45, 2.75) is 12.5 Å². The first-order valence-electron chi connectivity index (χ1n) is 7.87. The Hall–Kier alpha value is -2.38. The molecule has 3 rings (SSSR count). The molecule has 0 aliphatic carbocycles. The van der Waals surface area contributed by atoms with Crippen LogP contribution in [-0.4, -0.2) is 28.6 Å². The van der Waals surface area contributed by atoms with Crippen LogP contribution in [0.15, 0.2) is 54.6 Å². The number of aliphatic hydroxyl groups is 1. The van der Waals surface area contributed by atoms with Crippen LogP contribution < -0.4 is 5.32 Å². The van der Waals surface area contributed by atoms with Crippen LogP contribution in [0.5, 0.6) is 0 Å². The summed E-state index contributed by atoms with van der Waals surface area (Å²) in [5, 5.41) is 13.3. The third-order valence-corrected chi connectivity index (χ3v) is 4.69. The highest BCUT2D eigenvalue weighted by Gasteiger charge is 2.16. The van der Waals surface area contributed by atoms with E-state index in [4.69, 9.17) is 14.0 Å². The average Bonchev–Trinajstić information content (AvgIpc) is 3.05. The topological polar surface area (TPSA) is 104 Å². The lowest BCUT2D eigenvalue weighted by atomic mass is 10.1. The number of carbonyl (C=O) groups is 1. The average molecular weight is 409 g/mol. The Labute approximate surface area is 159 Å². The highest BCUT2D eigenvalue weighted by molar-refractivity contribution is 7.23. The van der Waals surface area contributed by atoms with Crippen LogP contribution in [0.3, 0.4) is 0 Å². The number of nitrogens with one attached hydrogen (secondary N) is 1. The quantitative estimate of drug-likeness (QED) is 0.560. The standard InChI is InChI=1S/C18H16FNO2S.HO3P/c19-14-6-3-4-12(8-14)9-15(11-21)20-18(22)17-10-13-5-1-2-7-16(13)23-17;1-4(2)3/h1-8,10,15,21H,9,11H2,(H,20,22);(H,1,2,3)/t15-;/m1./s1. The maximum Gasteiger partial charge on any atom is 0.465 e. The molecule has 1 atom stereocenters. The summed E-state index contributed by atoms with van der Waals surface area (Å²) in [4.78, 5) is 20.0. The number of halogens is 1. The molecule has 3 N–H and O–H groups in total. The number of rotatable bonds is 5. The molecule has 0 aliphatic heterocycles. The number of hydrogen-bond acceptors (Lipinski definition) is 5. The minimum atomic E-state index is -3.12. The van der Waals surface area contributed by atoms with Crippen molar-refractivity contribution in [1.29, 1.82) is 0 Å². The molecule has 1 aromatic heterocycles. The number of fused-ring (bicyclic) bond motifs is 1. The third-order valence-electron chi connectivity index (χ3n) is 3.58. The summed E-state index contributed by atoms with van der Waals surface area (Å²) < 4.78 is 31.4. The van der Waals surface area contributed by atoms with Gasteiger partial charge in [0, 0.05) is 4.70 Å². The van der Waals surface area contributed by atoms with E-state index >= 15 is 0 Å². The van der Waals surface area contributed by atoms with E-state index in [1.807, 2.05) is 30.3 Å². The Morgan fingerprint density at radius 1 is 1.15 bits per heavy atom. The van der Waals surface area contributed by atoms with E-state index in [1.165, 1.54) is 23.5 Å². The zero-order chi connectivity index (χ0) is 19.8.